The minimum absolute atomic E-state index is 0.507. The lowest BCUT2D eigenvalue weighted by Gasteiger charge is -2.21. The minimum Gasteiger partial charge on any atom is -0.497 e. The van der Waals surface area contributed by atoms with Gasteiger partial charge in [-0.1, -0.05) is 18.5 Å². The van der Waals surface area contributed by atoms with Crippen LogP contribution in [0.5, 0.6) is 5.75 Å². The van der Waals surface area contributed by atoms with Gasteiger partial charge in [0.1, 0.15) is 23.0 Å². The summed E-state index contributed by atoms with van der Waals surface area (Å²) in [6.45, 7) is 2.04. The molecule has 1 aromatic heterocycles. The van der Waals surface area contributed by atoms with Crippen LogP contribution in [0.15, 0.2) is 30.6 Å². The van der Waals surface area contributed by atoms with Gasteiger partial charge in [0, 0.05) is 18.3 Å². The first kappa shape index (κ1) is 13.6. The molecule has 0 spiro atoms. The standard InChI is InChI=1S/C14H16ClN3O/c1-4-12-13(15)16-9-17-14(12)18(2)10-5-7-11(19-3)8-6-10/h5-9H,4H2,1-3H3. The number of benzene rings is 1. The lowest BCUT2D eigenvalue weighted by atomic mass is 10.2. The average Bonchev–Trinajstić information content (AvgIpc) is 2.46. The van der Waals surface area contributed by atoms with Crippen LogP contribution in [0.1, 0.15) is 12.5 Å². The summed E-state index contributed by atoms with van der Waals surface area (Å²) in [5.41, 5.74) is 1.97. The molecule has 0 unspecified atom stereocenters. The Bertz CT molecular complexity index is 557. The fourth-order valence-corrected chi connectivity index (χ4v) is 2.17. The van der Waals surface area contributed by atoms with Crippen molar-refractivity contribution in [1.82, 2.24) is 9.97 Å². The number of aromatic nitrogens is 2. The van der Waals surface area contributed by atoms with Gasteiger partial charge in [-0.3, -0.25) is 0 Å². The Morgan fingerprint density at radius 1 is 1.21 bits per heavy atom. The normalized spacial score (nSPS) is 10.3. The van der Waals surface area contributed by atoms with Gasteiger partial charge in [-0.2, -0.15) is 0 Å². The Labute approximate surface area is 118 Å². The monoisotopic (exact) mass is 277 g/mol. The third kappa shape index (κ3) is 2.79. The molecule has 100 valence electrons. The summed E-state index contributed by atoms with van der Waals surface area (Å²) in [4.78, 5) is 10.3. The number of halogens is 1. The molecule has 0 fully saturated rings. The molecular formula is C14H16ClN3O. The van der Waals surface area contributed by atoms with E-state index in [1.807, 2.05) is 43.1 Å². The van der Waals surface area contributed by atoms with E-state index in [2.05, 4.69) is 9.97 Å². The quantitative estimate of drug-likeness (QED) is 0.802. The second-order valence-corrected chi connectivity index (χ2v) is 4.44. The lowest BCUT2D eigenvalue weighted by Crippen LogP contribution is -2.14. The van der Waals surface area contributed by atoms with Crippen molar-refractivity contribution in [2.75, 3.05) is 19.1 Å². The molecule has 19 heavy (non-hydrogen) atoms. The van der Waals surface area contributed by atoms with Gasteiger partial charge >= 0.3 is 0 Å². The summed E-state index contributed by atoms with van der Waals surface area (Å²) in [5, 5.41) is 0.507. The summed E-state index contributed by atoms with van der Waals surface area (Å²) < 4.78 is 5.15. The number of rotatable bonds is 4. The van der Waals surface area contributed by atoms with E-state index in [-0.39, 0.29) is 0 Å². The topological polar surface area (TPSA) is 38.2 Å². The van der Waals surface area contributed by atoms with Gasteiger partial charge in [0.15, 0.2) is 0 Å². The summed E-state index contributed by atoms with van der Waals surface area (Å²) in [6, 6.07) is 7.79. The molecule has 4 nitrogen and oxygen atoms in total. The Balaban J connectivity index is 2.37. The molecule has 0 atom stereocenters. The van der Waals surface area contributed by atoms with Crippen LogP contribution in [-0.4, -0.2) is 24.1 Å². The van der Waals surface area contributed by atoms with Gasteiger partial charge in [0.05, 0.1) is 7.11 Å². The molecule has 0 saturated carbocycles. The predicted molar refractivity (Wildman–Crippen MR) is 77.5 cm³/mol. The van der Waals surface area contributed by atoms with Crippen molar-refractivity contribution in [3.8, 4) is 5.75 Å². The van der Waals surface area contributed by atoms with Crippen LogP contribution in [0.3, 0.4) is 0 Å². The molecule has 0 aliphatic heterocycles. The average molecular weight is 278 g/mol. The molecule has 0 saturated heterocycles. The Morgan fingerprint density at radius 3 is 2.47 bits per heavy atom. The maximum absolute atomic E-state index is 6.11. The molecular weight excluding hydrogens is 262 g/mol. The Kier molecular flexibility index (Phi) is 4.22. The minimum atomic E-state index is 0.507. The number of methoxy groups -OCH3 is 1. The van der Waals surface area contributed by atoms with Crippen molar-refractivity contribution in [3.05, 3.63) is 41.3 Å². The molecule has 5 heteroatoms. The van der Waals surface area contributed by atoms with Crippen LogP contribution in [0.4, 0.5) is 11.5 Å². The highest BCUT2D eigenvalue weighted by atomic mass is 35.5. The van der Waals surface area contributed by atoms with Crippen LogP contribution in [0, 0.1) is 0 Å². The molecule has 1 aromatic carbocycles. The third-order valence-electron chi connectivity index (χ3n) is 3.00. The lowest BCUT2D eigenvalue weighted by molar-refractivity contribution is 0.415. The number of anilines is 2. The molecule has 0 amide bonds. The zero-order chi connectivity index (χ0) is 13.8. The van der Waals surface area contributed by atoms with Gasteiger partial charge in [-0.15, -0.1) is 0 Å². The highest BCUT2D eigenvalue weighted by Crippen LogP contribution is 2.29. The summed E-state index contributed by atoms with van der Waals surface area (Å²) in [5.74, 6) is 1.65. The number of hydrogen-bond donors (Lipinski definition) is 0. The van der Waals surface area contributed by atoms with Crippen LogP contribution < -0.4 is 9.64 Å². The van der Waals surface area contributed by atoms with E-state index < -0.39 is 0 Å². The van der Waals surface area contributed by atoms with E-state index in [1.54, 1.807) is 7.11 Å². The third-order valence-corrected chi connectivity index (χ3v) is 3.33. The maximum Gasteiger partial charge on any atom is 0.140 e. The van der Waals surface area contributed by atoms with Crippen molar-refractivity contribution in [2.24, 2.45) is 0 Å². The maximum atomic E-state index is 6.11. The van der Waals surface area contributed by atoms with Crippen LogP contribution in [0.25, 0.3) is 0 Å². The summed E-state index contributed by atoms with van der Waals surface area (Å²) >= 11 is 6.11. The smallest absolute Gasteiger partial charge is 0.140 e. The van der Waals surface area contributed by atoms with Gasteiger partial charge in [-0.25, -0.2) is 9.97 Å². The molecule has 2 rings (SSSR count). The van der Waals surface area contributed by atoms with Crippen molar-refractivity contribution >= 4 is 23.1 Å². The van der Waals surface area contributed by atoms with E-state index >= 15 is 0 Å². The number of ether oxygens (including phenoxy) is 1. The second-order valence-electron chi connectivity index (χ2n) is 4.08. The molecule has 0 N–H and O–H groups in total. The zero-order valence-electron chi connectivity index (χ0n) is 11.2. The summed E-state index contributed by atoms with van der Waals surface area (Å²) in [7, 11) is 3.61. The van der Waals surface area contributed by atoms with E-state index in [0.717, 1.165) is 29.2 Å². The predicted octanol–water partition coefficient (Wildman–Crippen LogP) is 3.47. The fraction of sp³-hybridized carbons (Fsp3) is 0.286. The fourth-order valence-electron chi connectivity index (χ4n) is 1.90. The van der Waals surface area contributed by atoms with Gasteiger partial charge < -0.3 is 9.64 Å². The first-order chi connectivity index (χ1) is 9.17. The van der Waals surface area contributed by atoms with Gasteiger partial charge in [0.2, 0.25) is 0 Å². The van der Waals surface area contributed by atoms with E-state index in [1.165, 1.54) is 6.33 Å². The molecule has 0 aliphatic rings. The van der Waals surface area contributed by atoms with Crippen molar-refractivity contribution in [3.63, 3.8) is 0 Å². The highest BCUT2D eigenvalue weighted by molar-refractivity contribution is 6.30. The molecule has 1 heterocycles. The van der Waals surface area contributed by atoms with Crippen molar-refractivity contribution in [1.29, 1.82) is 0 Å². The largest absolute Gasteiger partial charge is 0.497 e. The molecule has 0 bridgehead atoms. The van der Waals surface area contributed by atoms with Crippen LogP contribution in [0.2, 0.25) is 5.15 Å². The number of nitrogens with zero attached hydrogens (tertiary/aromatic N) is 3. The first-order valence-electron chi connectivity index (χ1n) is 6.04. The molecule has 2 aromatic rings. The van der Waals surface area contributed by atoms with Gasteiger partial charge in [0.25, 0.3) is 0 Å². The second kappa shape index (κ2) is 5.89. The zero-order valence-corrected chi connectivity index (χ0v) is 12.0. The van der Waals surface area contributed by atoms with Crippen molar-refractivity contribution in [2.45, 2.75) is 13.3 Å². The SMILES string of the molecule is CCc1c(Cl)ncnc1N(C)c1ccc(OC)cc1. The van der Waals surface area contributed by atoms with E-state index in [9.17, 15) is 0 Å². The first-order valence-corrected chi connectivity index (χ1v) is 6.42. The summed E-state index contributed by atoms with van der Waals surface area (Å²) in [6.07, 6.45) is 2.27. The molecule has 0 radical (unpaired) electrons. The van der Waals surface area contributed by atoms with E-state index in [0.29, 0.717) is 5.15 Å². The Hall–Kier alpha value is -1.81. The number of hydrogen-bond acceptors (Lipinski definition) is 4. The van der Waals surface area contributed by atoms with Crippen molar-refractivity contribution < 1.29 is 4.74 Å². The van der Waals surface area contributed by atoms with E-state index in [4.69, 9.17) is 16.3 Å². The molecule has 0 aliphatic carbocycles. The highest BCUT2D eigenvalue weighted by Gasteiger charge is 2.13. The Morgan fingerprint density at radius 2 is 1.89 bits per heavy atom. The van der Waals surface area contributed by atoms with Crippen LogP contribution in [-0.2, 0) is 6.42 Å². The van der Waals surface area contributed by atoms with Crippen LogP contribution >= 0.6 is 11.6 Å². The van der Waals surface area contributed by atoms with Gasteiger partial charge in [-0.05, 0) is 30.7 Å².